The number of hydrogen-bond donors (Lipinski definition) is 1. The molecule has 0 unspecified atom stereocenters. The van der Waals surface area contributed by atoms with Gasteiger partial charge in [-0.2, -0.15) is 5.10 Å². The van der Waals surface area contributed by atoms with Crippen molar-refractivity contribution in [2.24, 2.45) is 0 Å². The van der Waals surface area contributed by atoms with Gasteiger partial charge in [-0.1, -0.05) is 0 Å². The second kappa shape index (κ2) is 6.21. The number of likely N-dealkylation sites (tertiary alicyclic amines) is 1. The van der Waals surface area contributed by atoms with E-state index in [-0.39, 0.29) is 16.7 Å². The van der Waals surface area contributed by atoms with Crippen molar-refractivity contribution in [3.63, 3.8) is 0 Å². The lowest BCUT2D eigenvalue weighted by molar-refractivity contribution is -0.384. The summed E-state index contributed by atoms with van der Waals surface area (Å²) in [5, 5.41) is 18.7. The summed E-state index contributed by atoms with van der Waals surface area (Å²) in [6, 6.07) is 0.0942. The van der Waals surface area contributed by atoms with E-state index < -0.39 is 0 Å². The molecule has 7 heteroatoms. The topological polar surface area (TPSA) is 76.2 Å². The van der Waals surface area contributed by atoms with Gasteiger partial charge in [-0.25, -0.2) is 4.68 Å². The van der Waals surface area contributed by atoms with Crippen LogP contribution in [0.2, 0.25) is 0 Å². The third-order valence-corrected chi connectivity index (χ3v) is 3.64. The summed E-state index contributed by atoms with van der Waals surface area (Å²) in [5.74, 6) is 0.529. The molecule has 2 rings (SSSR count). The van der Waals surface area contributed by atoms with Crippen molar-refractivity contribution >= 4 is 11.5 Å². The zero-order valence-electron chi connectivity index (χ0n) is 12.4. The smallest absolute Gasteiger partial charge is 0.333 e. The van der Waals surface area contributed by atoms with Gasteiger partial charge in [-0.05, 0) is 46.7 Å². The average Bonchev–Trinajstić information content (AvgIpc) is 2.97. The summed E-state index contributed by atoms with van der Waals surface area (Å²) >= 11 is 0. The first-order chi connectivity index (χ1) is 9.50. The van der Waals surface area contributed by atoms with Crippen LogP contribution in [0, 0.1) is 17.0 Å². The Hall–Kier alpha value is -1.63. The highest BCUT2D eigenvalue weighted by molar-refractivity contribution is 5.59. The second-order valence-electron chi connectivity index (χ2n) is 5.55. The van der Waals surface area contributed by atoms with Crippen LogP contribution in [0.25, 0.3) is 0 Å². The molecule has 1 N–H and O–H groups in total. The first-order valence-corrected chi connectivity index (χ1v) is 7.20. The van der Waals surface area contributed by atoms with Gasteiger partial charge >= 0.3 is 5.69 Å². The third kappa shape index (κ3) is 3.09. The van der Waals surface area contributed by atoms with Crippen LogP contribution in [0.3, 0.4) is 0 Å². The lowest BCUT2D eigenvalue weighted by atomic mass is 10.3. The maximum atomic E-state index is 11.2. The molecule has 1 aliphatic heterocycles. The monoisotopic (exact) mass is 281 g/mol. The lowest BCUT2D eigenvalue weighted by Gasteiger charge is -2.16. The molecule has 112 valence electrons. The fraction of sp³-hybridized carbons (Fsp3) is 0.769. The Morgan fingerprint density at radius 1 is 1.40 bits per heavy atom. The highest BCUT2D eigenvalue weighted by atomic mass is 16.6. The molecule has 0 saturated carbocycles. The molecule has 1 fully saturated rings. The Morgan fingerprint density at radius 2 is 2.05 bits per heavy atom. The van der Waals surface area contributed by atoms with E-state index in [2.05, 4.69) is 15.3 Å². The number of nitrogens with zero attached hydrogens (tertiary/aromatic N) is 4. The molecule has 0 aliphatic carbocycles. The highest BCUT2D eigenvalue weighted by Crippen LogP contribution is 2.30. The van der Waals surface area contributed by atoms with Gasteiger partial charge in [0.25, 0.3) is 0 Å². The number of anilines is 1. The number of aryl methyl sites for hydroxylation is 1. The summed E-state index contributed by atoms with van der Waals surface area (Å²) in [7, 11) is 0. The van der Waals surface area contributed by atoms with Crippen molar-refractivity contribution in [1.82, 2.24) is 14.7 Å². The second-order valence-corrected chi connectivity index (χ2v) is 5.55. The van der Waals surface area contributed by atoms with E-state index in [0.717, 1.165) is 19.6 Å². The molecule has 1 aliphatic rings. The van der Waals surface area contributed by atoms with Crippen LogP contribution in [-0.2, 0) is 0 Å². The molecule has 0 atom stereocenters. The Bertz CT molecular complexity index is 477. The van der Waals surface area contributed by atoms with E-state index in [4.69, 9.17) is 0 Å². The number of nitrogens with one attached hydrogen (secondary N) is 1. The van der Waals surface area contributed by atoms with E-state index >= 15 is 0 Å². The van der Waals surface area contributed by atoms with Crippen LogP contribution in [-0.4, -0.2) is 45.8 Å². The minimum Gasteiger partial charge on any atom is -0.363 e. The lowest BCUT2D eigenvalue weighted by Crippen LogP contribution is -2.26. The summed E-state index contributed by atoms with van der Waals surface area (Å²) in [6.45, 7) is 9.52. The van der Waals surface area contributed by atoms with Crippen molar-refractivity contribution in [3.05, 3.63) is 15.8 Å². The van der Waals surface area contributed by atoms with E-state index in [1.54, 1.807) is 11.6 Å². The molecular weight excluding hydrogens is 258 g/mol. The molecule has 1 aromatic heterocycles. The maximum Gasteiger partial charge on any atom is 0.333 e. The molecule has 0 bridgehead atoms. The molecule has 2 heterocycles. The molecule has 0 spiro atoms. The third-order valence-electron chi connectivity index (χ3n) is 3.64. The average molecular weight is 281 g/mol. The number of rotatable bonds is 6. The molecule has 1 saturated heterocycles. The summed E-state index contributed by atoms with van der Waals surface area (Å²) in [5.41, 5.74) is 0.562. The molecule has 0 aromatic carbocycles. The van der Waals surface area contributed by atoms with Crippen molar-refractivity contribution in [3.8, 4) is 0 Å². The maximum absolute atomic E-state index is 11.2. The van der Waals surface area contributed by atoms with Gasteiger partial charge in [0.05, 0.1) is 4.92 Å². The zero-order chi connectivity index (χ0) is 14.7. The summed E-state index contributed by atoms with van der Waals surface area (Å²) in [4.78, 5) is 13.2. The van der Waals surface area contributed by atoms with Gasteiger partial charge in [0.2, 0.25) is 5.82 Å². The van der Waals surface area contributed by atoms with Crippen LogP contribution < -0.4 is 5.32 Å². The quantitative estimate of drug-likeness (QED) is 0.639. The van der Waals surface area contributed by atoms with Gasteiger partial charge in [-0.3, -0.25) is 10.1 Å². The van der Waals surface area contributed by atoms with E-state index in [1.165, 1.54) is 12.8 Å². The Morgan fingerprint density at radius 3 is 2.60 bits per heavy atom. The molecule has 1 aromatic rings. The van der Waals surface area contributed by atoms with E-state index in [1.807, 2.05) is 13.8 Å². The van der Waals surface area contributed by atoms with Crippen molar-refractivity contribution in [1.29, 1.82) is 0 Å². The van der Waals surface area contributed by atoms with Gasteiger partial charge in [0, 0.05) is 19.1 Å². The Kier molecular flexibility index (Phi) is 4.59. The molecular formula is C13H23N5O2. The van der Waals surface area contributed by atoms with Gasteiger partial charge in [-0.15, -0.1) is 0 Å². The Labute approximate surface area is 119 Å². The highest BCUT2D eigenvalue weighted by Gasteiger charge is 2.26. The SMILES string of the molecule is Cc1nn(C(C)C)c(NCCN2CCCC2)c1[N+](=O)[O-]. The largest absolute Gasteiger partial charge is 0.363 e. The number of hydrogen-bond acceptors (Lipinski definition) is 5. The molecule has 20 heavy (non-hydrogen) atoms. The van der Waals surface area contributed by atoms with Gasteiger partial charge < -0.3 is 10.2 Å². The van der Waals surface area contributed by atoms with Gasteiger partial charge in [0.1, 0.15) is 5.69 Å². The minimum absolute atomic E-state index is 0.0942. The van der Waals surface area contributed by atoms with Crippen molar-refractivity contribution in [2.75, 3.05) is 31.5 Å². The molecule has 0 radical (unpaired) electrons. The zero-order valence-corrected chi connectivity index (χ0v) is 12.4. The summed E-state index contributed by atoms with van der Waals surface area (Å²) < 4.78 is 1.71. The van der Waals surface area contributed by atoms with E-state index in [9.17, 15) is 10.1 Å². The summed E-state index contributed by atoms with van der Waals surface area (Å²) in [6.07, 6.45) is 2.51. The first kappa shape index (κ1) is 14.8. The van der Waals surface area contributed by atoms with Crippen LogP contribution in [0.5, 0.6) is 0 Å². The predicted molar refractivity (Wildman–Crippen MR) is 78.2 cm³/mol. The van der Waals surface area contributed by atoms with Crippen LogP contribution >= 0.6 is 0 Å². The normalized spacial score (nSPS) is 16.0. The van der Waals surface area contributed by atoms with E-state index in [0.29, 0.717) is 18.1 Å². The van der Waals surface area contributed by atoms with Crippen LogP contribution in [0.4, 0.5) is 11.5 Å². The fourth-order valence-electron chi connectivity index (χ4n) is 2.63. The fourth-order valence-corrected chi connectivity index (χ4v) is 2.63. The van der Waals surface area contributed by atoms with Crippen molar-refractivity contribution < 1.29 is 4.92 Å². The number of aromatic nitrogens is 2. The molecule has 0 amide bonds. The van der Waals surface area contributed by atoms with Crippen LogP contribution in [0.1, 0.15) is 38.4 Å². The first-order valence-electron chi connectivity index (χ1n) is 7.20. The predicted octanol–water partition coefficient (Wildman–Crippen LogP) is 2.19. The van der Waals surface area contributed by atoms with Gasteiger partial charge in [0.15, 0.2) is 0 Å². The molecule has 7 nitrogen and oxygen atoms in total. The van der Waals surface area contributed by atoms with Crippen LogP contribution in [0.15, 0.2) is 0 Å². The van der Waals surface area contributed by atoms with Crippen molar-refractivity contribution in [2.45, 2.75) is 39.7 Å². The standard InChI is InChI=1S/C13H23N5O2/c1-10(2)17-13(12(18(19)20)11(3)15-17)14-6-9-16-7-4-5-8-16/h10,14H,4-9H2,1-3H3. The minimum atomic E-state index is -0.348. The Balaban J connectivity index is 2.09. The number of nitro groups is 1.